The summed E-state index contributed by atoms with van der Waals surface area (Å²) in [5.41, 5.74) is 0.409. The maximum atomic E-state index is 12.0. The van der Waals surface area contributed by atoms with Crippen LogP contribution < -0.4 is 10.2 Å². The number of aromatic nitrogens is 2. The maximum absolute atomic E-state index is 12.0. The Balaban J connectivity index is 2.18. The van der Waals surface area contributed by atoms with Crippen molar-refractivity contribution in [1.82, 2.24) is 15.3 Å². The van der Waals surface area contributed by atoms with E-state index in [0.717, 1.165) is 0 Å². The van der Waals surface area contributed by atoms with Gasteiger partial charge in [0.15, 0.2) is 6.29 Å². The van der Waals surface area contributed by atoms with E-state index in [9.17, 15) is 9.59 Å². The summed E-state index contributed by atoms with van der Waals surface area (Å²) < 4.78 is 5.33. The molecule has 1 saturated heterocycles. The molecule has 2 rings (SSSR count). The van der Waals surface area contributed by atoms with Gasteiger partial charge in [0.05, 0.1) is 18.8 Å². The number of likely N-dealkylation sites (N-methyl/N-ethyl adjacent to an activating group) is 1. The average molecular weight is 264 g/mol. The van der Waals surface area contributed by atoms with Crippen molar-refractivity contribution in [2.24, 2.45) is 0 Å². The van der Waals surface area contributed by atoms with Crippen LogP contribution in [0.5, 0.6) is 0 Å². The molecule has 0 bridgehead atoms. The fourth-order valence-corrected chi connectivity index (χ4v) is 1.89. The van der Waals surface area contributed by atoms with Crippen LogP contribution in [0.2, 0.25) is 0 Å². The van der Waals surface area contributed by atoms with E-state index in [2.05, 4.69) is 15.3 Å². The highest BCUT2D eigenvalue weighted by Gasteiger charge is 2.30. The second-order valence-electron chi connectivity index (χ2n) is 4.11. The number of carbonyl (C=O) groups is 2. The Morgan fingerprint density at radius 3 is 2.95 bits per heavy atom. The lowest BCUT2D eigenvalue weighted by atomic mass is 10.2. The van der Waals surface area contributed by atoms with Gasteiger partial charge in [0.25, 0.3) is 0 Å². The zero-order valence-electron chi connectivity index (χ0n) is 10.7. The second-order valence-corrected chi connectivity index (χ2v) is 4.11. The summed E-state index contributed by atoms with van der Waals surface area (Å²) >= 11 is 0. The van der Waals surface area contributed by atoms with E-state index < -0.39 is 6.04 Å². The van der Waals surface area contributed by atoms with Crippen molar-refractivity contribution in [2.75, 3.05) is 31.2 Å². The van der Waals surface area contributed by atoms with E-state index in [0.29, 0.717) is 44.1 Å². The highest BCUT2D eigenvalue weighted by Crippen LogP contribution is 2.14. The van der Waals surface area contributed by atoms with Crippen molar-refractivity contribution in [2.45, 2.75) is 13.0 Å². The number of carbonyl (C=O) groups excluding carboxylic acids is 2. The van der Waals surface area contributed by atoms with Gasteiger partial charge in [-0.1, -0.05) is 0 Å². The summed E-state index contributed by atoms with van der Waals surface area (Å²) in [5, 5.41) is 2.77. The van der Waals surface area contributed by atoms with Crippen molar-refractivity contribution < 1.29 is 14.3 Å². The van der Waals surface area contributed by atoms with Crippen LogP contribution in [0.1, 0.15) is 17.3 Å². The van der Waals surface area contributed by atoms with Gasteiger partial charge in [0.1, 0.15) is 6.04 Å². The third-order valence-electron chi connectivity index (χ3n) is 2.83. The molecule has 1 atom stereocenters. The number of amides is 1. The minimum atomic E-state index is -0.434. The second kappa shape index (κ2) is 6.24. The molecule has 7 heteroatoms. The van der Waals surface area contributed by atoms with Gasteiger partial charge in [0, 0.05) is 25.5 Å². The number of anilines is 1. The minimum Gasteiger partial charge on any atom is -0.377 e. The predicted octanol–water partition coefficient (Wildman–Crippen LogP) is -0.370. The molecule has 1 unspecified atom stereocenters. The Kier molecular flexibility index (Phi) is 4.40. The van der Waals surface area contributed by atoms with Crippen molar-refractivity contribution in [3.05, 3.63) is 18.0 Å². The highest BCUT2D eigenvalue weighted by molar-refractivity contribution is 5.85. The Bertz CT molecular complexity index is 449. The summed E-state index contributed by atoms with van der Waals surface area (Å²) in [6.07, 6.45) is 3.57. The fourth-order valence-electron chi connectivity index (χ4n) is 1.89. The van der Waals surface area contributed by atoms with E-state index in [1.807, 2.05) is 6.92 Å². The number of nitrogens with one attached hydrogen (secondary N) is 1. The van der Waals surface area contributed by atoms with Gasteiger partial charge in [-0.3, -0.25) is 9.59 Å². The molecule has 1 aliphatic rings. The summed E-state index contributed by atoms with van der Waals surface area (Å²) in [7, 11) is 0. The van der Waals surface area contributed by atoms with Crippen molar-refractivity contribution >= 4 is 18.1 Å². The van der Waals surface area contributed by atoms with Crippen LogP contribution in [0.15, 0.2) is 12.4 Å². The van der Waals surface area contributed by atoms with Gasteiger partial charge >= 0.3 is 0 Å². The molecule has 0 radical (unpaired) electrons. The Labute approximate surface area is 111 Å². The molecule has 102 valence electrons. The molecule has 0 spiro atoms. The molecule has 1 amide bonds. The van der Waals surface area contributed by atoms with Crippen LogP contribution in [0, 0.1) is 0 Å². The summed E-state index contributed by atoms with van der Waals surface area (Å²) in [4.78, 5) is 32.6. The number of morpholine rings is 1. The molecule has 1 aliphatic heterocycles. The smallest absolute Gasteiger partial charge is 0.245 e. The quantitative estimate of drug-likeness (QED) is 0.747. The predicted molar refractivity (Wildman–Crippen MR) is 68.1 cm³/mol. The van der Waals surface area contributed by atoms with Crippen LogP contribution in [0.4, 0.5) is 5.95 Å². The van der Waals surface area contributed by atoms with Crippen LogP contribution in [-0.2, 0) is 9.53 Å². The van der Waals surface area contributed by atoms with Gasteiger partial charge < -0.3 is 15.0 Å². The van der Waals surface area contributed by atoms with Crippen LogP contribution in [0.25, 0.3) is 0 Å². The molecule has 7 nitrogen and oxygen atoms in total. The zero-order valence-corrected chi connectivity index (χ0v) is 10.7. The third-order valence-corrected chi connectivity index (χ3v) is 2.83. The molecule has 0 saturated carbocycles. The lowest BCUT2D eigenvalue weighted by Gasteiger charge is -2.34. The molecule has 1 fully saturated rings. The topological polar surface area (TPSA) is 84.4 Å². The molecule has 1 N–H and O–H groups in total. The molecule has 1 aromatic heterocycles. The number of ether oxygens (including phenoxy) is 1. The highest BCUT2D eigenvalue weighted by atomic mass is 16.5. The largest absolute Gasteiger partial charge is 0.377 e. The van der Waals surface area contributed by atoms with E-state index in [-0.39, 0.29) is 5.91 Å². The number of nitrogens with zero attached hydrogens (tertiary/aromatic N) is 3. The van der Waals surface area contributed by atoms with Crippen LogP contribution >= 0.6 is 0 Å². The molecular formula is C12H16N4O3. The fraction of sp³-hybridized carbons (Fsp3) is 0.500. The molecule has 2 heterocycles. The molecule has 1 aromatic rings. The number of aldehydes is 1. The first-order valence-electron chi connectivity index (χ1n) is 6.15. The lowest BCUT2D eigenvalue weighted by molar-refractivity contribution is -0.124. The summed E-state index contributed by atoms with van der Waals surface area (Å²) in [6.45, 7) is 3.80. The summed E-state index contributed by atoms with van der Waals surface area (Å²) in [6, 6.07) is -0.434. The molecular weight excluding hydrogens is 248 g/mol. The van der Waals surface area contributed by atoms with Crippen molar-refractivity contribution in [1.29, 1.82) is 0 Å². The Hall–Kier alpha value is -2.02. The van der Waals surface area contributed by atoms with Gasteiger partial charge in [-0.05, 0) is 6.92 Å². The van der Waals surface area contributed by atoms with E-state index >= 15 is 0 Å². The molecule has 0 aliphatic carbocycles. The molecule has 0 aromatic carbocycles. The molecule has 19 heavy (non-hydrogen) atoms. The number of hydrogen-bond donors (Lipinski definition) is 1. The average Bonchev–Trinajstić information content (AvgIpc) is 2.47. The Morgan fingerprint density at radius 2 is 2.32 bits per heavy atom. The van der Waals surface area contributed by atoms with Crippen molar-refractivity contribution in [3.63, 3.8) is 0 Å². The van der Waals surface area contributed by atoms with Crippen LogP contribution in [-0.4, -0.2) is 54.5 Å². The maximum Gasteiger partial charge on any atom is 0.245 e. The van der Waals surface area contributed by atoms with Gasteiger partial charge in [-0.15, -0.1) is 0 Å². The zero-order chi connectivity index (χ0) is 13.7. The standard InChI is InChI=1S/C12H16N4O3/c1-2-13-11(18)10-8-19-4-3-16(10)12-14-5-9(7-17)6-15-12/h5-7,10H,2-4,8H2,1H3,(H,13,18). The number of rotatable bonds is 4. The SMILES string of the molecule is CCNC(=O)C1COCCN1c1ncc(C=O)cn1. The van der Waals surface area contributed by atoms with E-state index in [1.54, 1.807) is 4.90 Å². The minimum absolute atomic E-state index is 0.106. The lowest BCUT2D eigenvalue weighted by Crippen LogP contribution is -2.54. The van der Waals surface area contributed by atoms with E-state index in [1.165, 1.54) is 12.4 Å². The number of hydrogen-bond acceptors (Lipinski definition) is 6. The third kappa shape index (κ3) is 3.05. The first-order valence-corrected chi connectivity index (χ1v) is 6.15. The van der Waals surface area contributed by atoms with Gasteiger partial charge in [-0.2, -0.15) is 0 Å². The van der Waals surface area contributed by atoms with Gasteiger partial charge in [0.2, 0.25) is 11.9 Å². The summed E-state index contributed by atoms with van der Waals surface area (Å²) in [5.74, 6) is 0.329. The first kappa shape index (κ1) is 13.4. The Morgan fingerprint density at radius 1 is 1.58 bits per heavy atom. The van der Waals surface area contributed by atoms with E-state index in [4.69, 9.17) is 4.74 Å². The van der Waals surface area contributed by atoms with Crippen LogP contribution in [0.3, 0.4) is 0 Å². The monoisotopic (exact) mass is 264 g/mol. The normalized spacial score (nSPS) is 19.0. The van der Waals surface area contributed by atoms with Crippen molar-refractivity contribution in [3.8, 4) is 0 Å². The first-order chi connectivity index (χ1) is 9.26. The van der Waals surface area contributed by atoms with Gasteiger partial charge in [-0.25, -0.2) is 9.97 Å².